The lowest BCUT2D eigenvalue weighted by atomic mass is 9.87. The van der Waals surface area contributed by atoms with Crippen LogP contribution in [0.5, 0.6) is 5.75 Å². The van der Waals surface area contributed by atoms with Crippen molar-refractivity contribution in [3.05, 3.63) is 45.4 Å². The number of fused-ring (bicyclic) bond motifs is 1. The van der Waals surface area contributed by atoms with Gasteiger partial charge in [0.05, 0.1) is 5.01 Å². The molecule has 0 aliphatic heterocycles. The van der Waals surface area contributed by atoms with E-state index in [1.54, 1.807) is 17.4 Å². The molecule has 4 heteroatoms. The fourth-order valence-electron chi connectivity index (χ4n) is 2.88. The minimum atomic E-state index is 0.377. The van der Waals surface area contributed by atoms with E-state index < -0.39 is 0 Å². The first kappa shape index (κ1) is 13.6. The van der Waals surface area contributed by atoms with Gasteiger partial charge in [-0.3, -0.25) is 0 Å². The molecule has 1 atom stereocenters. The Morgan fingerprint density at radius 3 is 3.15 bits per heavy atom. The summed E-state index contributed by atoms with van der Waals surface area (Å²) in [5, 5.41) is 16.5. The number of thiazole rings is 1. The molecule has 3 rings (SSSR count). The van der Waals surface area contributed by atoms with Crippen molar-refractivity contribution in [2.45, 2.75) is 38.6 Å². The molecular formula is C16H20N2OS. The standard InChI is InChI=1S/C16H20N2OS/c1-11-10-20-16(18-11)7-8-17-15-4-2-3-12-9-13(19)5-6-14(12)15/h5-6,9-10,15,17,19H,2-4,7-8H2,1H3. The zero-order valence-corrected chi connectivity index (χ0v) is 12.5. The van der Waals surface area contributed by atoms with Crippen LogP contribution in [0.2, 0.25) is 0 Å². The molecule has 1 aromatic carbocycles. The van der Waals surface area contributed by atoms with Gasteiger partial charge in [0.2, 0.25) is 0 Å². The first-order valence-corrected chi connectivity index (χ1v) is 8.06. The number of rotatable bonds is 4. The number of aryl methyl sites for hydroxylation is 2. The van der Waals surface area contributed by atoms with Crippen LogP contribution in [0, 0.1) is 6.92 Å². The van der Waals surface area contributed by atoms with E-state index >= 15 is 0 Å². The van der Waals surface area contributed by atoms with Crippen LogP contribution in [-0.2, 0) is 12.8 Å². The summed E-state index contributed by atoms with van der Waals surface area (Å²) in [5.41, 5.74) is 3.76. The van der Waals surface area contributed by atoms with Gasteiger partial charge < -0.3 is 10.4 Å². The van der Waals surface area contributed by atoms with Crippen LogP contribution in [0.1, 0.15) is 40.7 Å². The summed E-state index contributed by atoms with van der Waals surface area (Å²) in [7, 11) is 0. The Hall–Kier alpha value is -1.39. The van der Waals surface area contributed by atoms with Gasteiger partial charge in [-0.15, -0.1) is 11.3 Å². The average Bonchev–Trinajstić information content (AvgIpc) is 2.84. The Kier molecular flexibility index (Phi) is 4.03. The fourth-order valence-corrected chi connectivity index (χ4v) is 3.66. The quantitative estimate of drug-likeness (QED) is 0.906. The molecule has 1 heterocycles. The lowest BCUT2D eigenvalue weighted by molar-refractivity contribution is 0.452. The maximum atomic E-state index is 9.57. The Balaban J connectivity index is 1.61. The van der Waals surface area contributed by atoms with Crippen LogP contribution in [0.25, 0.3) is 0 Å². The molecular weight excluding hydrogens is 268 g/mol. The Bertz CT molecular complexity index is 594. The third-order valence-electron chi connectivity index (χ3n) is 3.84. The molecule has 0 radical (unpaired) electrons. The molecule has 0 saturated heterocycles. The molecule has 1 unspecified atom stereocenters. The van der Waals surface area contributed by atoms with E-state index in [2.05, 4.69) is 21.7 Å². The van der Waals surface area contributed by atoms with Crippen molar-refractivity contribution >= 4 is 11.3 Å². The molecule has 1 aromatic heterocycles. The number of hydrogen-bond acceptors (Lipinski definition) is 4. The lowest BCUT2D eigenvalue weighted by Crippen LogP contribution is -2.27. The van der Waals surface area contributed by atoms with Gasteiger partial charge in [-0.25, -0.2) is 4.98 Å². The average molecular weight is 288 g/mol. The largest absolute Gasteiger partial charge is 0.508 e. The number of nitrogens with one attached hydrogen (secondary N) is 1. The predicted octanol–water partition coefficient (Wildman–Crippen LogP) is 3.37. The number of nitrogens with zero attached hydrogens (tertiary/aromatic N) is 1. The Labute approximate surface area is 123 Å². The summed E-state index contributed by atoms with van der Waals surface area (Å²) in [6.07, 6.45) is 4.43. The molecule has 1 aliphatic rings. The summed E-state index contributed by atoms with van der Waals surface area (Å²) >= 11 is 1.74. The third kappa shape index (κ3) is 3.02. The highest BCUT2D eigenvalue weighted by Gasteiger charge is 2.19. The number of phenols is 1. The smallest absolute Gasteiger partial charge is 0.115 e. The van der Waals surface area contributed by atoms with E-state index in [0.717, 1.165) is 25.1 Å². The van der Waals surface area contributed by atoms with E-state index in [-0.39, 0.29) is 0 Å². The van der Waals surface area contributed by atoms with Gasteiger partial charge in [-0.1, -0.05) is 6.07 Å². The molecule has 2 N–H and O–H groups in total. The number of aromatic hydroxyl groups is 1. The van der Waals surface area contributed by atoms with Crippen molar-refractivity contribution in [2.75, 3.05) is 6.54 Å². The highest BCUT2D eigenvalue weighted by Crippen LogP contribution is 2.31. The van der Waals surface area contributed by atoms with E-state index in [4.69, 9.17) is 0 Å². The molecule has 0 saturated carbocycles. The zero-order valence-electron chi connectivity index (χ0n) is 11.7. The van der Waals surface area contributed by atoms with Crippen molar-refractivity contribution < 1.29 is 5.11 Å². The molecule has 1 aliphatic carbocycles. The van der Waals surface area contributed by atoms with Crippen LogP contribution >= 0.6 is 11.3 Å². The van der Waals surface area contributed by atoms with Crippen molar-refractivity contribution in [3.8, 4) is 5.75 Å². The van der Waals surface area contributed by atoms with E-state index in [1.807, 2.05) is 13.0 Å². The van der Waals surface area contributed by atoms with Crippen LogP contribution in [0.3, 0.4) is 0 Å². The van der Waals surface area contributed by atoms with Gasteiger partial charge in [-0.2, -0.15) is 0 Å². The topological polar surface area (TPSA) is 45.1 Å². The second-order valence-corrected chi connectivity index (χ2v) is 6.36. The normalized spacial score (nSPS) is 17.9. The van der Waals surface area contributed by atoms with Crippen LogP contribution < -0.4 is 5.32 Å². The molecule has 2 aromatic rings. The number of phenolic OH excluding ortho intramolecular Hbond substituents is 1. The first-order chi connectivity index (χ1) is 9.72. The number of hydrogen-bond donors (Lipinski definition) is 2. The summed E-state index contributed by atoms with van der Waals surface area (Å²) in [5.74, 6) is 0.377. The van der Waals surface area contributed by atoms with Crippen molar-refractivity contribution in [1.29, 1.82) is 0 Å². The van der Waals surface area contributed by atoms with E-state index in [1.165, 1.54) is 29.0 Å². The molecule has 106 valence electrons. The third-order valence-corrected chi connectivity index (χ3v) is 4.86. The van der Waals surface area contributed by atoms with Gasteiger partial charge in [0, 0.05) is 30.1 Å². The summed E-state index contributed by atoms with van der Waals surface area (Å²) < 4.78 is 0. The summed E-state index contributed by atoms with van der Waals surface area (Å²) in [6, 6.07) is 6.19. The molecule has 0 bridgehead atoms. The van der Waals surface area contributed by atoms with Gasteiger partial charge in [0.1, 0.15) is 5.75 Å². The number of benzene rings is 1. The molecule has 3 nitrogen and oxygen atoms in total. The van der Waals surface area contributed by atoms with Gasteiger partial charge in [0.25, 0.3) is 0 Å². The highest BCUT2D eigenvalue weighted by atomic mass is 32.1. The zero-order chi connectivity index (χ0) is 13.9. The fraction of sp³-hybridized carbons (Fsp3) is 0.438. The van der Waals surface area contributed by atoms with Crippen molar-refractivity contribution in [1.82, 2.24) is 10.3 Å². The molecule has 20 heavy (non-hydrogen) atoms. The minimum absolute atomic E-state index is 0.377. The molecule has 0 amide bonds. The second kappa shape index (κ2) is 5.94. The first-order valence-electron chi connectivity index (χ1n) is 7.18. The lowest BCUT2D eigenvalue weighted by Gasteiger charge is -2.26. The summed E-state index contributed by atoms with van der Waals surface area (Å²) in [6.45, 7) is 3.00. The van der Waals surface area contributed by atoms with E-state index in [9.17, 15) is 5.11 Å². The SMILES string of the molecule is Cc1csc(CCNC2CCCc3cc(O)ccc32)n1. The van der Waals surface area contributed by atoms with Crippen molar-refractivity contribution in [3.63, 3.8) is 0 Å². The monoisotopic (exact) mass is 288 g/mol. The van der Waals surface area contributed by atoms with Gasteiger partial charge >= 0.3 is 0 Å². The maximum absolute atomic E-state index is 9.57. The van der Waals surface area contributed by atoms with Crippen LogP contribution in [-0.4, -0.2) is 16.6 Å². The molecule has 0 fully saturated rings. The maximum Gasteiger partial charge on any atom is 0.115 e. The Morgan fingerprint density at radius 1 is 1.45 bits per heavy atom. The predicted molar refractivity (Wildman–Crippen MR) is 82.3 cm³/mol. The highest BCUT2D eigenvalue weighted by molar-refractivity contribution is 7.09. The minimum Gasteiger partial charge on any atom is -0.508 e. The van der Waals surface area contributed by atoms with Crippen molar-refractivity contribution in [2.24, 2.45) is 0 Å². The van der Waals surface area contributed by atoms with Gasteiger partial charge in [-0.05, 0) is 49.4 Å². The number of aromatic nitrogens is 1. The van der Waals surface area contributed by atoms with Gasteiger partial charge in [0.15, 0.2) is 0 Å². The molecule has 0 spiro atoms. The van der Waals surface area contributed by atoms with Crippen LogP contribution in [0.4, 0.5) is 0 Å². The second-order valence-electron chi connectivity index (χ2n) is 5.41. The Morgan fingerprint density at radius 2 is 2.35 bits per heavy atom. The summed E-state index contributed by atoms with van der Waals surface area (Å²) in [4.78, 5) is 4.49. The van der Waals surface area contributed by atoms with E-state index in [0.29, 0.717) is 11.8 Å². The van der Waals surface area contributed by atoms with Crippen LogP contribution in [0.15, 0.2) is 23.6 Å².